The lowest BCUT2D eigenvalue weighted by Crippen LogP contribution is -2.49. The second-order valence-electron chi connectivity index (χ2n) is 5.53. The van der Waals surface area contributed by atoms with E-state index in [9.17, 15) is 4.79 Å². The summed E-state index contributed by atoms with van der Waals surface area (Å²) in [5.41, 5.74) is 0. The van der Waals surface area contributed by atoms with Crippen molar-refractivity contribution in [3.8, 4) is 0 Å². The third kappa shape index (κ3) is 2.73. The molecule has 0 unspecified atom stereocenters. The number of fused-ring (bicyclic) bond motifs is 3. The Labute approximate surface area is 124 Å². The zero-order chi connectivity index (χ0) is 15.0. The molecule has 0 bridgehead atoms. The van der Waals surface area contributed by atoms with Crippen LogP contribution in [0.25, 0.3) is 0 Å². The van der Waals surface area contributed by atoms with Crippen molar-refractivity contribution in [1.29, 1.82) is 0 Å². The lowest BCUT2D eigenvalue weighted by Gasteiger charge is -2.31. The Morgan fingerprint density at radius 3 is 2.71 bits per heavy atom. The summed E-state index contributed by atoms with van der Waals surface area (Å²) < 4.78 is 34.4. The van der Waals surface area contributed by atoms with Gasteiger partial charge in [-0.05, 0) is 12.6 Å². The Morgan fingerprint density at radius 2 is 2.05 bits per heavy atom. The van der Waals surface area contributed by atoms with E-state index >= 15 is 0 Å². The molecular weight excluding hydrogens is 278 g/mol. The summed E-state index contributed by atoms with van der Waals surface area (Å²) in [4.78, 5) is 11.1. The first kappa shape index (κ1) is 15.3. The van der Waals surface area contributed by atoms with Crippen LogP contribution >= 0.6 is 0 Å². The van der Waals surface area contributed by atoms with Gasteiger partial charge in [-0.2, -0.15) is 0 Å². The second kappa shape index (κ2) is 5.89. The molecule has 3 saturated heterocycles. The molecule has 21 heavy (non-hydrogen) atoms. The van der Waals surface area contributed by atoms with Crippen molar-refractivity contribution in [2.45, 2.75) is 57.5 Å². The van der Waals surface area contributed by atoms with Crippen LogP contribution in [0.4, 0.5) is 0 Å². The highest BCUT2D eigenvalue weighted by Crippen LogP contribution is 2.44. The van der Waals surface area contributed by atoms with Gasteiger partial charge in [0.05, 0.1) is 6.61 Å². The van der Waals surface area contributed by atoms with Crippen LogP contribution in [0.15, 0.2) is 0 Å². The molecule has 7 nitrogen and oxygen atoms in total. The van der Waals surface area contributed by atoms with E-state index < -0.39 is 11.9 Å². The molecule has 4 atom stereocenters. The molecule has 0 aliphatic carbocycles. The van der Waals surface area contributed by atoms with Crippen LogP contribution in [0, 0.1) is 0 Å². The highest BCUT2D eigenvalue weighted by Gasteiger charge is 2.65. The van der Waals surface area contributed by atoms with Gasteiger partial charge in [0.15, 0.2) is 0 Å². The van der Waals surface area contributed by atoms with Crippen LogP contribution < -0.4 is 0 Å². The van der Waals surface area contributed by atoms with Crippen molar-refractivity contribution in [3.63, 3.8) is 0 Å². The molecule has 0 radical (unpaired) electrons. The topological polar surface area (TPSA) is 72.5 Å². The zero-order valence-electron chi connectivity index (χ0n) is 12.6. The summed E-state index contributed by atoms with van der Waals surface area (Å²) >= 11 is 0. The van der Waals surface area contributed by atoms with Crippen LogP contribution in [0.3, 0.4) is 0 Å². The molecule has 0 aromatic heterocycles. The Balaban J connectivity index is 1.78. The van der Waals surface area contributed by atoms with Crippen LogP contribution in [-0.4, -0.2) is 57.5 Å². The standard InChI is InChI=1S/C12H20B2O7/c1-4-13-17-6-9-10(19-13)11-12(18-9,7-16-8(3)15)21-14(5-2)20-11/h9-11H,4-7H2,1-3H3/t9-,10+,11-,12-/m0/s1. The Morgan fingerprint density at radius 1 is 1.29 bits per heavy atom. The molecule has 0 spiro atoms. The molecule has 3 aliphatic heterocycles. The maximum absolute atomic E-state index is 11.1. The van der Waals surface area contributed by atoms with Gasteiger partial charge in [0.2, 0.25) is 5.79 Å². The Kier molecular flexibility index (Phi) is 4.29. The van der Waals surface area contributed by atoms with Crippen molar-refractivity contribution < 1.29 is 32.9 Å². The second-order valence-corrected chi connectivity index (χ2v) is 5.53. The molecule has 0 N–H and O–H groups in total. The molecule has 0 aromatic rings. The maximum Gasteiger partial charge on any atom is 0.459 e. The van der Waals surface area contributed by atoms with Crippen LogP contribution in [0.1, 0.15) is 20.8 Å². The van der Waals surface area contributed by atoms with E-state index in [1.165, 1.54) is 6.92 Å². The van der Waals surface area contributed by atoms with E-state index in [1.807, 2.05) is 13.8 Å². The molecule has 3 fully saturated rings. The zero-order valence-corrected chi connectivity index (χ0v) is 12.6. The molecule has 0 saturated carbocycles. The monoisotopic (exact) mass is 298 g/mol. The van der Waals surface area contributed by atoms with Gasteiger partial charge in [-0.15, -0.1) is 0 Å². The quantitative estimate of drug-likeness (QED) is 0.552. The number of hydrogen-bond acceptors (Lipinski definition) is 7. The molecule has 0 aromatic carbocycles. The first-order valence-electron chi connectivity index (χ1n) is 7.49. The molecule has 116 valence electrons. The Hall–Kier alpha value is -0.600. The summed E-state index contributed by atoms with van der Waals surface area (Å²) in [5, 5.41) is 0. The van der Waals surface area contributed by atoms with Crippen molar-refractivity contribution in [1.82, 2.24) is 0 Å². The first-order valence-corrected chi connectivity index (χ1v) is 7.49. The average Bonchev–Trinajstić information content (AvgIpc) is 2.97. The molecular formula is C12H20B2O7. The summed E-state index contributed by atoms with van der Waals surface area (Å²) in [6.07, 6.45) is 0.490. The van der Waals surface area contributed by atoms with Crippen LogP contribution in [0.5, 0.6) is 0 Å². The van der Waals surface area contributed by atoms with Gasteiger partial charge in [-0.3, -0.25) is 4.79 Å². The number of hydrogen-bond donors (Lipinski definition) is 0. The highest BCUT2D eigenvalue weighted by atomic mass is 16.8. The largest absolute Gasteiger partial charge is 0.460 e. The normalized spacial score (nSPS) is 38.3. The molecule has 3 rings (SSSR count). The van der Waals surface area contributed by atoms with E-state index in [0.29, 0.717) is 12.9 Å². The van der Waals surface area contributed by atoms with Gasteiger partial charge >= 0.3 is 20.2 Å². The number of carbonyl (C=O) groups is 1. The fourth-order valence-corrected chi connectivity index (χ4v) is 2.98. The minimum atomic E-state index is -1.09. The summed E-state index contributed by atoms with van der Waals surface area (Å²) in [6, 6.07) is 0. The van der Waals surface area contributed by atoms with E-state index in [0.717, 1.165) is 6.32 Å². The van der Waals surface area contributed by atoms with Gasteiger partial charge in [-0.25, -0.2) is 0 Å². The lowest BCUT2D eigenvalue weighted by atomic mass is 9.83. The predicted molar refractivity (Wildman–Crippen MR) is 73.5 cm³/mol. The van der Waals surface area contributed by atoms with Crippen molar-refractivity contribution >= 4 is 20.2 Å². The number of rotatable bonds is 4. The van der Waals surface area contributed by atoms with E-state index in [-0.39, 0.29) is 39.0 Å². The van der Waals surface area contributed by atoms with Gasteiger partial charge in [0, 0.05) is 6.92 Å². The van der Waals surface area contributed by atoms with Gasteiger partial charge < -0.3 is 28.1 Å². The molecule has 0 amide bonds. The van der Waals surface area contributed by atoms with Crippen LogP contribution in [0.2, 0.25) is 12.6 Å². The summed E-state index contributed by atoms with van der Waals surface area (Å²) in [7, 11) is -0.637. The fraction of sp³-hybridized carbons (Fsp3) is 0.917. The van der Waals surface area contributed by atoms with Crippen molar-refractivity contribution in [3.05, 3.63) is 0 Å². The first-order chi connectivity index (χ1) is 10.1. The molecule has 9 heteroatoms. The fourth-order valence-electron chi connectivity index (χ4n) is 2.98. The number of carbonyl (C=O) groups excluding carboxylic acids is 1. The van der Waals surface area contributed by atoms with Gasteiger partial charge in [0.25, 0.3) is 0 Å². The Bertz CT molecular complexity index is 409. The summed E-state index contributed by atoms with van der Waals surface area (Å²) in [5.74, 6) is -1.47. The van der Waals surface area contributed by atoms with E-state index in [4.69, 9.17) is 28.1 Å². The average molecular weight is 298 g/mol. The number of ether oxygens (including phenoxy) is 2. The van der Waals surface area contributed by atoms with E-state index in [1.54, 1.807) is 0 Å². The number of esters is 1. The molecule has 3 heterocycles. The van der Waals surface area contributed by atoms with Crippen molar-refractivity contribution in [2.75, 3.05) is 13.2 Å². The minimum absolute atomic E-state index is 0.00332. The van der Waals surface area contributed by atoms with Gasteiger partial charge in [-0.1, -0.05) is 13.8 Å². The van der Waals surface area contributed by atoms with Crippen molar-refractivity contribution in [2.24, 2.45) is 0 Å². The van der Waals surface area contributed by atoms with Gasteiger partial charge in [0.1, 0.15) is 24.9 Å². The smallest absolute Gasteiger partial charge is 0.459 e. The maximum atomic E-state index is 11.1. The molecule has 3 aliphatic rings. The predicted octanol–water partition coefficient (Wildman–Crippen LogP) is 0.492. The highest BCUT2D eigenvalue weighted by molar-refractivity contribution is 6.45. The third-order valence-electron chi connectivity index (χ3n) is 3.98. The lowest BCUT2D eigenvalue weighted by molar-refractivity contribution is -0.212. The SMILES string of the molecule is CCB1OC[C@@H]2O[C@@]3(COC(C)=O)OB(CC)O[C@H]3[C@@H]2O1. The van der Waals surface area contributed by atoms with E-state index in [2.05, 4.69) is 0 Å². The third-order valence-corrected chi connectivity index (χ3v) is 3.98. The minimum Gasteiger partial charge on any atom is -0.460 e. The van der Waals surface area contributed by atoms with Crippen LogP contribution in [-0.2, 0) is 32.9 Å². The summed E-state index contributed by atoms with van der Waals surface area (Å²) in [6.45, 7) is 5.73.